The van der Waals surface area contributed by atoms with Gasteiger partial charge in [0.2, 0.25) is 5.91 Å². The summed E-state index contributed by atoms with van der Waals surface area (Å²) in [4.78, 5) is 40.9. The van der Waals surface area contributed by atoms with Crippen molar-refractivity contribution >= 4 is 28.5 Å². The molecular formula is C22H19N5O4. The van der Waals surface area contributed by atoms with E-state index in [4.69, 9.17) is 4.74 Å². The van der Waals surface area contributed by atoms with Crippen LogP contribution in [0.15, 0.2) is 71.9 Å². The first-order chi connectivity index (χ1) is 15.0. The van der Waals surface area contributed by atoms with Gasteiger partial charge in [0, 0.05) is 11.9 Å². The van der Waals surface area contributed by atoms with Crippen LogP contribution in [-0.4, -0.2) is 37.8 Å². The first kappa shape index (κ1) is 20.0. The summed E-state index contributed by atoms with van der Waals surface area (Å²) in [6, 6.07) is 15.5. The maximum absolute atomic E-state index is 12.5. The fourth-order valence-electron chi connectivity index (χ4n) is 3.05. The van der Waals surface area contributed by atoms with Gasteiger partial charge in [-0.05, 0) is 49.4 Å². The van der Waals surface area contributed by atoms with Crippen molar-refractivity contribution in [3.63, 3.8) is 0 Å². The highest BCUT2D eigenvalue weighted by molar-refractivity contribution is 5.91. The van der Waals surface area contributed by atoms with Crippen molar-refractivity contribution in [3.8, 4) is 5.69 Å². The molecule has 0 unspecified atom stereocenters. The molecule has 31 heavy (non-hydrogen) atoms. The number of anilines is 1. The third-order valence-electron chi connectivity index (χ3n) is 4.53. The second-order valence-electron chi connectivity index (χ2n) is 6.66. The van der Waals surface area contributed by atoms with Crippen LogP contribution in [0.4, 0.5) is 5.69 Å². The van der Waals surface area contributed by atoms with Gasteiger partial charge < -0.3 is 10.1 Å². The Bertz CT molecular complexity index is 1310. The summed E-state index contributed by atoms with van der Waals surface area (Å²) in [5.41, 5.74) is 1.81. The lowest BCUT2D eigenvalue weighted by atomic mass is 10.2. The van der Waals surface area contributed by atoms with E-state index in [1.165, 1.54) is 15.6 Å². The number of rotatable bonds is 6. The van der Waals surface area contributed by atoms with Gasteiger partial charge in [0.25, 0.3) is 5.56 Å². The predicted molar refractivity (Wildman–Crippen MR) is 114 cm³/mol. The van der Waals surface area contributed by atoms with E-state index >= 15 is 0 Å². The standard InChI is InChI=1S/C22H19N5O4/c1-2-31-22(30)19-11-12-27(25-19)16-9-7-15(8-10-16)24-20(28)13-26-14-23-18-6-4-3-5-17(18)21(26)29/h3-12,14H,2,13H2,1H3,(H,24,28). The molecule has 0 spiro atoms. The molecule has 0 aliphatic carbocycles. The number of carbonyl (C=O) groups is 2. The summed E-state index contributed by atoms with van der Waals surface area (Å²) >= 11 is 0. The van der Waals surface area contributed by atoms with E-state index in [2.05, 4.69) is 15.4 Å². The summed E-state index contributed by atoms with van der Waals surface area (Å²) in [5.74, 6) is -0.834. The zero-order valence-electron chi connectivity index (χ0n) is 16.7. The smallest absolute Gasteiger partial charge is 0.358 e. The molecule has 156 valence electrons. The zero-order valence-corrected chi connectivity index (χ0v) is 16.7. The lowest BCUT2D eigenvalue weighted by molar-refractivity contribution is -0.116. The van der Waals surface area contributed by atoms with E-state index in [0.717, 1.165) is 0 Å². The highest BCUT2D eigenvalue weighted by Gasteiger charge is 2.11. The molecule has 0 saturated carbocycles. The average Bonchev–Trinajstić information content (AvgIpc) is 3.27. The maximum atomic E-state index is 12.5. The van der Waals surface area contributed by atoms with Gasteiger partial charge in [0.1, 0.15) is 6.54 Å². The van der Waals surface area contributed by atoms with Crippen molar-refractivity contribution in [2.75, 3.05) is 11.9 Å². The van der Waals surface area contributed by atoms with E-state index in [1.807, 2.05) is 0 Å². The van der Waals surface area contributed by atoms with Crippen molar-refractivity contribution < 1.29 is 14.3 Å². The molecule has 0 aliphatic rings. The minimum absolute atomic E-state index is 0.152. The second-order valence-corrected chi connectivity index (χ2v) is 6.66. The van der Waals surface area contributed by atoms with E-state index < -0.39 is 5.97 Å². The molecule has 0 atom stereocenters. The first-order valence-corrected chi connectivity index (χ1v) is 9.62. The van der Waals surface area contributed by atoms with Crippen molar-refractivity contribution in [1.29, 1.82) is 0 Å². The van der Waals surface area contributed by atoms with Gasteiger partial charge in [0.05, 0.1) is 29.5 Å². The Balaban J connectivity index is 1.43. The van der Waals surface area contributed by atoms with Crippen LogP contribution < -0.4 is 10.9 Å². The Hall–Kier alpha value is -4.27. The Morgan fingerprint density at radius 3 is 2.61 bits per heavy atom. The van der Waals surface area contributed by atoms with Crippen LogP contribution in [0.1, 0.15) is 17.4 Å². The molecule has 0 radical (unpaired) electrons. The fourth-order valence-corrected chi connectivity index (χ4v) is 3.05. The van der Waals surface area contributed by atoms with Crippen LogP contribution in [0, 0.1) is 0 Å². The number of benzene rings is 2. The molecule has 0 saturated heterocycles. The number of para-hydroxylation sites is 1. The van der Waals surface area contributed by atoms with E-state index in [-0.39, 0.29) is 30.3 Å². The number of nitrogens with one attached hydrogen (secondary N) is 1. The molecule has 1 amide bonds. The Labute approximate surface area is 176 Å². The maximum Gasteiger partial charge on any atom is 0.358 e. The molecular weight excluding hydrogens is 398 g/mol. The highest BCUT2D eigenvalue weighted by Crippen LogP contribution is 2.14. The van der Waals surface area contributed by atoms with Gasteiger partial charge in [-0.15, -0.1) is 0 Å². The van der Waals surface area contributed by atoms with Gasteiger partial charge in [0.15, 0.2) is 5.69 Å². The monoisotopic (exact) mass is 417 g/mol. The summed E-state index contributed by atoms with van der Waals surface area (Å²) in [6.07, 6.45) is 3.02. The number of esters is 1. The fraction of sp³-hybridized carbons (Fsp3) is 0.136. The normalized spacial score (nSPS) is 10.7. The number of aromatic nitrogens is 4. The lowest BCUT2D eigenvalue weighted by Gasteiger charge is -2.09. The summed E-state index contributed by atoms with van der Waals surface area (Å²) in [5, 5.41) is 7.41. The molecule has 4 rings (SSSR count). The van der Waals surface area contributed by atoms with E-state index in [0.29, 0.717) is 22.3 Å². The Kier molecular flexibility index (Phi) is 5.57. The van der Waals surface area contributed by atoms with Crippen LogP contribution >= 0.6 is 0 Å². The van der Waals surface area contributed by atoms with Crippen LogP contribution in [0.2, 0.25) is 0 Å². The van der Waals surface area contributed by atoms with Crippen molar-refractivity contribution in [2.45, 2.75) is 13.5 Å². The highest BCUT2D eigenvalue weighted by atomic mass is 16.5. The molecule has 2 aromatic heterocycles. The SMILES string of the molecule is CCOC(=O)c1ccn(-c2ccc(NC(=O)Cn3cnc4ccccc4c3=O)cc2)n1. The van der Waals surface area contributed by atoms with Gasteiger partial charge >= 0.3 is 5.97 Å². The molecule has 0 aliphatic heterocycles. The minimum Gasteiger partial charge on any atom is -0.461 e. The summed E-state index contributed by atoms with van der Waals surface area (Å²) in [7, 11) is 0. The van der Waals surface area contributed by atoms with Crippen molar-refractivity contribution in [2.24, 2.45) is 0 Å². The number of fused-ring (bicyclic) bond motifs is 1. The molecule has 0 fully saturated rings. The summed E-state index contributed by atoms with van der Waals surface area (Å²) < 4.78 is 7.74. The number of ether oxygens (including phenoxy) is 1. The van der Waals surface area contributed by atoms with E-state index in [1.54, 1.807) is 67.7 Å². The molecule has 9 nitrogen and oxygen atoms in total. The number of amides is 1. The zero-order chi connectivity index (χ0) is 21.8. The van der Waals surface area contributed by atoms with Crippen LogP contribution in [0.5, 0.6) is 0 Å². The lowest BCUT2D eigenvalue weighted by Crippen LogP contribution is -2.27. The summed E-state index contributed by atoms with van der Waals surface area (Å²) in [6.45, 7) is 1.86. The van der Waals surface area contributed by atoms with Gasteiger partial charge in [-0.2, -0.15) is 5.10 Å². The molecule has 9 heteroatoms. The molecule has 2 aromatic carbocycles. The third kappa shape index (κ3) is 4.35. The van der Waals surface area contributed by atoms with Gasteiger partial charge in [-0.3, -0.25) is 14.2 Å². The van der Waals surface area contributed by atoms with Gasteiger partial charge in [-0.25, -0.2) is 14.5 Å². The minimum atomic E-state index is -0.483. The van der Waals surface area contributed by atoms with E-state index in [9.17, 15) is 14.4 Å². The van der Waals surface area contributed by atoms with Crippen LogP contribution in [0.3, 0.4) is 0 Å². The number of nitrogens with zero attached hydrogens (tertiary/aromatic N) is 4. The second kappa shape index (κ2) is 8.62. The van der Waals surface area contributed by atoms with Crippen molar-refractivity contribution in [3.05, 3.63) is 83.2 Å². The topological polar surface area (TPSA) is 108 Å². The molecule has 4 aromatic rings. The Morgan fingerprint density at radius 2 is 1.84 bits per heavy atom. The van der Waals surface area contributed by atoms with Crippen LogP contribution in [0.25, 0.3) is 16.6 Å². The number of hydrogen-bond donors (Lipinski definition) is 1. The molecule has 1 N–H and O–H groups in total. The van der Waals surface area contributed by atoms with Crippen molar-refractivity contribution in [1.82, 2.24) is 19.3 Å². The average molecular weight is 417 g/mol. The van der Waals surface area contributed by atoms with Gasteiger partial charge in [-0.1, -0.05) is 12.1 Å². The number of carbonyl (C=O) groups excluding carboxylic acids is 2. The number of hydrogen-bond acceptors (Lipinski definition) is 6. The quantitative estimate of drug-likeness (QED) is 0.483. The largest absolute Gasteiger partial charge is 0.461 e. The molecule has 2 heterocycles. The molecule has 0 bridgehead atoms. The third-order valence-corrected chi connectivity index (χ3v) is 4.53. The Morgan fingerprint density at radius 1 is 1.06 bits per heavy atom. The predicted octanol–water partition coefficient (Wildman–Crippen LogP) is 2.40. The first-order valence-electron chi connectivity index (χ1n) is 9.62. The van der Waals surface area contributed by atoms with Crippen LogP contribution in [-0.2, 0) is 16.1 Å².